The van der Waals surface area contributed by atoms with Crippen molar-refractivity contribution >= 4 is 17.6 Å². The predicted molar refractivity (Wildman–Crippen MR) is 108 cm³/mol. The maximum Gasteiger partial charge on any atom is 0.325 e. The van der Waals surface area contributed by atoms with Gasteiger partial charge in [0, 0.05) is 12.2 Å². The number of amides is 3. The van der Waals surface area contributed by atoms with E-state index in [4.69, 9.17) is 5.73 Å². The second-order valence-corrected chi connectivity index (χ2v) is 8.83. The van der Waals surface area contributed by atoms with Crippen LogP contribution in [-0.4, -0.2) is 60.0 Å². The van der Waals surface area contributed by atoms with Crippen molar-refractivity contribution in [2.75, 3.05) is 31.1 Å². The summed E-state index contributed by atoms with van der Waals surface area (Å²) in [6.45, 7) is 4.34. The number of benzene rings is 1. The Balaban J connectivity index is 1.33. The minimum absolute atomic E-state index is 0.106. The molecule has 3 amide bonds. The van der Waals surface area contributed by atoms with Gasteiger partial charge >= 0.3 is 6.03 Å². The summed E-state index contributed by atoms with van der Waals surface area (Å²) in [6, 6.07) is 7.41. The lowest BCUT2D eigenvalue weighted by molar-refractivity contribution is -0.119. The number of rotatable bonds is 6. The fourth-order valence-corrected chi connectivity index (χ4v) is 5.35. The molecule has 2 N–H and O–H groups in total. The summed E-state index contributed by atoms with van der Waals surface area (Å²) >= 11 is 0. The normalized spacial score (nSPS) is 28.8. The molecule has 6 heteroatoms. The number of nitrogens with zero attached hydrogens (tertiary/aromatic N) is 3. The second kappa shape index (κ2) is 6.76. The Hall–Kier alpha value is -2.08. The molecular weight excluding hydrogens is 352 g/mol. The zero-order valence-corrected chi connectivity index (χ0v) is 16.3. The smallest absolute Gasteiger partial charge is 0.325 e. The standard InChI is InChI=1S/C22H29N4O2/c23-20(27)19-18-4-3-14-25(18)21(28)26(19)17-7-5-16(6-8-17)22(9-10-22)11-15-24-12-1-2-13-24/h4-8,18-19H,1-3,9-15H2,(H2,23,27)/t18-,19?/m1/s1. The fourth-order valence-electron chi connectivity index (χ4n) is 5.35. The molecule has 2 atom stereocenters. The highest BCUT2D eigenvalue weighted by molar-refractivity contribution is 6.04. The Morgan fingerprint density at radius 1 is 1.11 bits per heavy atom. The van der Waals surface area contributed by atoms with Gasteiger partial charge in [0.15, 0.2) is 0 Å². The van der Waals surface area contributed by atoms with Crippen molar-refractivity contribution in [2.45, 2.75) is 56.0 Å². The highest BCUT2D eigenvalue weighted by Crippen LogP contribution is 2.51. The number of primary amides is 1. The summed E-state index contributed by atoms with van der Waals surface area (Å²) in [4.78, 5) is 30.9. The number of carbonyl (C=O) groups is 2. The third kappa shape index (κ3) is 2.89. The number of urea groups is 1. The Labute approximate surface area is 166 Å². The number of carbonyl (C=O) groups excluding carboxylic acids is 2. The molecule has 1 aromatic carbocycles. The molecule has 149 valence electrons. The Bertz CT molecular complexity index is 767. The fraction of sp³-hybridized carbons (Fsp3) is 0.591. The number of nitrogens with two attached hydrogens (primary N) is 1. The van der Waals surface area contributed by atoms with Crippen molar-refractivity contribution in [3.8, 4) is 0 Å². The largest absolute Gasteiger partial charge is 0.368 e. The van der Waals surface area contributed by atoms with Gasteiger partial charge in [-0.1, -0.05) is 12.1 Å². The summed E-state index contributed by atoms with van der Waals surface area (Å²) in [5.41, 5.74) is 8.12. The summed E-state index contributed by atoms with van der Waals surface area (Å²) in [5.74, 6) is -0.438. The van der Waals surface area contributed by atoms with Crippen LogP contribution in [0.1, 0.15) is 44.1 Å². The minimum atomic E-state index is -0.606. The van der Waals surface area contributed by atoms with Crippen LogP contribution in [-0.2, 0) is 10.2 Å². The monoisotopic (exact) mass is 381 g/mol. The van der Waals surface area contributed by atoms with Crippen molar-refractivity contribution in [3.63, 3.8) is 0 Å². The van der Waals surface area contributed by atoms with E-state index in [1.165, 1.54) is 57.3 Å². The molecule has 4 fully saturated rings. The average molecular weight is 382 g/mol. The first-order valence-corrected chi connectivity index (χ1v) is 10.6. The van der Waals surface area contributed by atoms with E-state index in [1.54, 1.807) is 9.80 Å². The Kier molecular flexibility index (Phi) is 4.34. The van der Waals surface area contributed by atoms with Crippen LogP contribution < -0.4 is 10.6 Å². The van der Waals surface area contributed by atoms with Crippen LogP contribution in [0.25, 0.3) is 0 Å². The van der Waals surface area contributed by atoms with E-state index in [1.807, 2.05) is 18.6 Å². The molecule has 3 saturated heterocycles. The number of hydrogen-bond donors (Lipinski definition) is 1. The second-order valence-electron chi connectivity index (χ2n) is 8.83. The molecule has 1 aliphatic carbocycles. The lowest BCUT2D eigenvalue weighted by atomic mass is 9.92. The third-order valence-corrected chi connectivity index (χ3v) is 7.20. The van der Waals surface area contributed by atoms with E-state index >= 15 is 0 Å². The number of fused-ring (bicyclic) bond motifs is 1. The maximum atomic E-state index is 12.9. The molecule has 0 spiro atoms. The van der Waals surface area contributed by atoms with Gasteiger partial charge in [0.2, 0.25) is 5.91 Å². The molecule has 28 heavy (non-hydrogen) atoms. The molecule has 4 aliphatic rings. The lowest BCUT2D eigenvalue weighted by Gasteiger charge is -2.25. The third-order valence-electron chi connectivity index (χ3n) is 7.20. The maximum absolute atomic E-state index is 12.9. The van der Waals surface area contributed by atoms with Crippen LogP contribution in [0.4, 0.5) is 10.5 Å². The highest BCUT2D eigenvalue weighted by atomic mass is 16.2. The molecule has 1 aromatic rings. The number of likely N-dealkylation sites (tertiary alicyclic amines) is 1. The molecule has 1 radical (unpaired) electrons. The molecule has 0 aromatic heterocycles. The van der Waals surface area contributed by atoms with E-state index in [2.05, 4.69) is 17.0 Å². The van der Waals surface area contributed by atoms with Gasteiger partial charge in [0.25, 0.3) is 0 Å². The number of anilines is 1. The van der Waals surface area contributed by atoms with Crippen LogP contribution in [0.3, 0.4) is 0 Å². The highest BCUT2D eigenvalue weighted by Gasteiger charge is 2.51. The molecular formula is C22H29N4O2. The van der Waals surface area contributed by atoms with E-state index < -0.39 is 11.9 Å². The number of hydrogen-bond acceptors (Lipinski definition) is 3. The molecule has 1 saturated carbocycles. The quantitative estimate of drug-likeness (QED) is 0.822. The van der Waals surface area contributed by atoms with Crippen molar-refractivity contribution in [1.29, 1.82) is 0 Å². The minimum Gasteiger partial charge on any atom is -0.368 e. The summed E-state index contributed by atoms with van der Waals surface area (Å²) in [5, 5.41) is 0. The van der Waals surface area contributed by atoms with Crippen LogP contribution in [0.5, 0.6) is 0 Å². The lowest BCUT2D eigenvalue weighted by Crippen LogP contribution is -2.46. The summed E-state index contributed by atoms with van der Waals surface area (Å²) in [7, 11) is 0. The first kappa shape index (κ1) is 18.0. The van der Waals surface area contributed by atoms with Gasteiger partial charge in [-0.15, -0.1) is 0 Å². The Morgan fingerprint density at radius 2 is 1.82 bits per heavy atom. The van der Waals surface area contributed by atoms with Gasteiger partial charge in [-0.25, -0.2) is 4.79 Å². The predicted octanol–water partition coefficient (Wildman–Crippen LogP) is 2.28. The SMILES string of the molecule is NC(=O)C1[C@H]2[CH]CCN2C(=O)N1c1ccc(C2(CCN3CCCC3)CC2)cc1. The van der Waals surface area contributed by atoms with Crippen molar-refractivity contribution < 1.29 is 9.59 Å². The molecule has 3 heterocycles. The topological polar surface area (TPSA) is 69.9 Å². The van der Waals surface area contributed by atoms with Crippen molar-refractivity contribution in [2.24, 2.45) is 5.73 Å². The van der Waals surface area contributed by atoms with Crippen LogP contribution in [0.2, 0.25) is 0 Å². The molecule has 1 unspecified atom stereocenters. The van der Waals surface area contributed by atoms with Crippen LogP contribution >= 0.6 is 0 Å². The van der Waals surface area contributed by atoms with Crippen LogP contribution in [0, 0.1) is 6.42 Å². The van der Waals surface area contributed by atoms with Gasteiger partial charge in [0.05, 0.1) is 6.04 Å². The first-order chi connectivity index (χ1) is 13.6. The van der Waals surface area contributed by atoms with Gasteiger partial charge in [-0.3, -0.25) is 9.69 Å². The average Bonchev–Trinajstić information content (AvgIpc) is 3.04. The van der Waals surface area contributed by atoms with E-state index in [-0.39, 0.29) is 12.1 Å². The summed E-state index contributed by atoms with van der Waals surface area (Å²) < 4.78 is 0. The molecule has 3 aliphatic heterocycles. The molecule has 0 bridgehead atoms. The first-order valence-electron chi connectivity index (χ1n) is 10.6. The van der Waals surface area contributed by atoms with E-state index in [0.29, 0.717) is 12.0 Å². The van der Waals surface area contributed by atoms with Gasteiger partial charge in [-0.05, 0) is 87.7 Å². The van der Waals surface area contributed by atoms with Gasteiger partial charge in [-0.2, -0.15) is 0 Å². The van der Waals surface area contributed by atoms with Crippen molar-refractivity contribution in [1.82, 2.24) is 9.80 Å². The molecule has 6 nitrogen and oxygen atoms in total. The van der Waals surface area contributed by atoms with Gasteiger partial charge < -0.3 is 15.5 Å². The summed E-state index contributed by atoms with van der Waals surface area (Å²) in [6.07, 6.45) is 9.24. The van der Waals surface area contributed by atoms with E-state index in [0.717, 1.165) is 12.1 Å². The van der Waals surface area contributed by atoms with Crippen molar-refractivity contribution in [3.05, 3.63) is 36.2 Å². The molecule has 5 rings (SSSR count). The Morgan fingerprint density at radius 3 is 2.46 bits per heavy atom. The zero-order valence-electron chi connectivity index (χ0n) is 16.3. The van der Waals surface area contributed by atoms with E-state index in [9.17, 15) is 9.59 Å². The zero-order chi connectivity index (χ0) is 19.3. The van der Waals surface area contributed by atoms with Crippen LogP contribution in [0.15, 0.2) is 24.3 Å². The van der Waals surface area contributed by atoms with Gasteiger partial charge in [0.1, 0.15) is 6.04 Å².